The highest BCUT2D eigenvalue weighted by atomic mass is 35.5. The third-order valence-electron chi connectivity index (χ3n) is 3.00. The van der Waals surface area contributed by atoms with E-state index >= 15 is 0 Å². The van der Waals surface area contributed by atoms with Gasteiger partial charge in [0.25, 0.3) is 0 Å². The Labute approximate surface area is 151 Å². The molecule has 0 bridgehead atoms. The second-order valence-corrected chi connectivity index (χ2v) is 5.90. The van der Waals surface area contributed by atoms with Crippen LogP contribution < -0.4 is 22.1 Å². The summed E-state index contributed by atoms with van der Waals surface area (Å²) >= 11 is 1.51. The smallest absolute Gasteiger partial charge is 0.305 e. The molecule has 140 valence electrons. The van der Waals surface area contributed by atoms with E-state index < -0.39 is 48.2 Å². The Morgan fingerprint density at radius 2 is 1.67 bits per heavy atom. The summed E-state index contributed by atoms with van der Waals surface area (Å²) in [5.74, 6) is -2.95. The molecule has 0 heterocycles. The van der Waals surface area contributed by atoms with Gasteiger partial charge in [0.1, 0.15) is 6.04 Å². The van der Waals surface area contributed by atoms with Gasteiger partial charge < -0.3 is 21.9 Å². The van der Waals surface area contributed by atoms with Gasteiger partial charge in [-0.05, 0) is 24.9 Å². The zero-order valence-electron chi connectivity index (χ0n) is 13.6. The second-order valence-electron chi connectivity index (χ2n) is 4.92. The average Bonchev–Trinajstić information content (AvgIpc) is 2.50. The van der Waals surface area contributed by atoms with Gasteiger partial charge in [0.05, 0.1) is 18.5 Å². The Morgan fingerprint density at radius 3 is 2.12 bits per heavy atom. The number of rotatable bonds is 10. The van der Waals surface area contributed by atoms with Gasteiger partial charge in [-0.1, -0.05) is 6.92 Å². The van der Waals surface area contributed by atoms with E-state index in [9.17, 15) is 19.2 Å². The summed E-state index contributed by atoms with van der Waals surface area (Å²) < 4.78 is 0. The van der Waals surface area contributed by atoms with Gasteiger partial charge in [0.15, 0.2) is 0 Å². The van der Waals surface area contributed by atoms with E-state index in [-0.39, 0.29) is 12.4 Å². The largest absolute Gasteiger partial charge is 0.481 e. The molecule has 0 aliphatic carbocycles. The standard InChI is InChI=1S/C13H24N4O5S.ClH/c1-3-7(14)11(20)17-13(22)9(6-10(18)19)16-12(21)8(15)4-5-23-2;/h7-9H,3-6,14-15H2,1-2H3,(H,16,21)(H,18,19)(H,17,20,22);1H/t7?,8-,9-;/m0./s1. The fourth-order valence-electron chi connectivity index (χ4n) is 1.53. The molecule has 0 saturated carbocycles. The Kier molecular flexibility index (Phi) is 13.5. The zero-order valence-corrected chi connectivity index (χ0v) is 15.2. The summed E-state index contributed by atoms with van der Waals surface area (Å²) in [5, 5.41) is 13.1. The molecule has 0 radical (unpaired) electrons. The van der Waals surface area contributed by atoms with Gasteiger partial charge in [-0.15, -0.1) is 12.4 Å². The van der Waals surface area contributed by atoms with Crippen LogP contribution in [0.3, 0.4) is 0 Å². The quantitative estimate of drug-likeness (QED) is 0.314. The maximum atomic E-state index is 12.0. The summed E-state index contributed by atoms with van der Waals surface area (Å²) in [5.41, 5.74) is 11.1. The highest BCUT2D eigenvalue weighted by Crippen LogP contribution is 2.01. The molecule has 24 heavy (non-hydrogen) atoms. The fourth-order valence-corrected chi connectivity index (χ4v) is 2.01. The van der Waals surface area contributed by atoms with Crippen molar-refractivity contribution in [3.63, 3.8) is 0 Å². The van der Waals surface area contributed by atoms with Crippen molar-refractivity contribution in [1.29, 1.82) is 0 Å². The summed E-state index contributed by atoms with van der Waals surface area (Å²) in [6.45, 7) is 1.66. The number of nitrogens with one attached hydrogen (secondary N) is 2. The van der Waals surface area contributed by atoms with Crippen molar-refractivity contribution in [2.45, 2.75) is 44.3 Å². The first-order valence-corrected chi connectivity index (χ1v) is 8.49. The van der Waals surface area contributed by atoms with Crippen molar-refractivity contribution in [3.05, 3.63) is 0 Å². The topological polar surface area (TPSA) is 165 Å². The Balaban J connectivity index is 0. The first kappa shape index (κ1) is 24.9. The number of carboxylic acids is 1. The van der Waals surface area contributed by atoms with Crippen molar-refractivity contribution >= 4 is 47.9 Å². The van der Waals surface area contributed by atoms with Crippen LogP contribution in [0.25, 0.3) is 0 Å². The molecule has 0 aromatic rings. The van der Waals surface area contributed by atoms with Crippen LogP contribution in [-0.4, -0.2) is 58.9 Å². The molecule has 11 heteroatoms. The van der Waals surface area contributed by atoms with Gasteiger partial charge in [-0.2, -0.15) is 11.8 Å². The Bertz CT molecular complexity index is 452. The summed E-state index contributed by atoms with van der Waals surface area (Å²) in [6, 6.07) is -3.14. The van der Waals surface area contributed by atoms with Crippen LogP contribution in [0.4, 0.5) is 0 Å². The minimum Gasteiger partial charge on any atom is -0.481 e. The van der Waals surface area contributed by atoms with Gasteiger partial charge in [0, 0.05) is 0 Å². The number of hydrogen-bond donors (Lipinski definition) is 5. The first-order chi connectivity index (χ1) is 10.7. The van der Waals surface area contributed by atoms with Crippen molar-refractivity contribution < 1.29 is 24.3 Å². The third-order valence-corrected chi connectivity index (χ3v) is 3.65. The van der Waals surface area contributed by atoms with E-state index in [1.807, 2.05) is 11.6 Å². The minimum absolute atomic E-state index is 0. The van der Waals surface area contributed by atoms with Gasteiger partial charge in [-0.25, -0.2) is 0 Å². The minimum atomic E-state index is -1.40. The van der Waals surface area contributed by atoms with Crippen LogP contribution >= 0.6 is 24.2 Å². The van der Waals surface area contributed by atoms with E-state index in [0.29, 0.717) is 18.6 Å². The molecule has 0 spiro atoms. The lowest BCUT2D eigenvalue weighted by Crippen LogP contribution is -2.55. The number of imide groups is 1. The van der Waals surface area contributed by atoms with Crippen LogP contribution in [0.1, 0.15) is 26.2 Å². The SMILES string of the molecule is CCC(N)C(=O)NC(=O)[C@H](CC(=O)O)NC(=O)[C@@H](N)CCSC.Cl. The third kappa shape index (κ3) is 9.71. The molecule has 0 aromatic heterocycles. The number of carbonyl (C=O) groups excluding carboxylic acids is 3. The molecule has 0 saturated heterocycles. The van der Waals surface area contributed by atoms with Crippen LogP contribution in [0, 0.1) is 0 Å². The number of nitrogens with two attached hydrogens (primary N) is 2. The number of amides is 3. The Morgan fingerprint density at radius 1 is 1.08 bits per heavy atom. The predicted octanol–water partition coefficient (Wildman–Crippen LogP) is -1.17. The molecular formula is C13H25ClN4O5S. The molecule has 0 aromatic carbocycles. The molecule has 0 fully saturated rings. The lowest BCUT2D eigenvalue weighted by Gasteiger charge is -2.19. The number of carboxylic acid groups (broad SMARTS) is 1. The number of carbonyl (C=O) groups is 4. The van der Waals surface area contributed by atoms with Crippen molar-refractivity contribution in [3.8, 4) is 0 Å². The van der Waals surface area contributed by atoms with Gasteiger partial charge >= 0.3 is 5.97 Å². The summed E-state index contributed by atoms with van der Waals surface area (Å²) in [6.07, 6.45) is 1.89. The highest BCUT2D eigenvalue weighted by molar-refractivity contribution is 7.98. The van der Waals surface area contributed by atoms with Crippen LogP contribution in [0.15, 0.2) is 0 Å². The maximum absolute atomic E-state index is 12.0. The van der Waals surface area contributed by atoms with E-state index in [1.54, 1.807) is 6.92 Å². The highest BCUT2D eigenvalue weighted by Gasteiger charge is 2.28. The number of hydrogen-bond acceptors (Lipinski definition) is 7. The monoisotopic (exact) mass is 384 g/mol. The molecule has 3 amide bonds. The van der Waals surface area contributed by atoms with E-state index in [0.717, 1.165) is 0 Å². The van der Waals surface area contributed by atoms with Crippen molar-refractivity contribution in [1.82, 2.24) is 10.6 Å². The van der Waals surface area contributed by atoms with Gasteiger partial charge in [0.2, 0.25) is 17.7 Å². The molecule has 0 aliphatic heterocycles. The summed E-state index contributed by atoms with van der Waals surface area (Å²) in [4.78, 5) is 46.3. The molecular weight excluding hydrogens is 360 g/mol. The molecule has 9 nitrogen and oxygen atoms in total. The molecule has 0 aliphatic rings. The molecule has 1 unspecified atom stereocenters. The van der Waals surface area contributed by atoms with E-state index in [1.165, 1.54) is 11.8 Å². The van der Waals surface area contributed by atoms with Crippen molar-refractivity contribution in [2.75, 3.05) is 12.0 Å². The lowest BCUT2D eigenvalue weighted by molar-refractivity contribution is -0.142. The Hall–Kier alpha value is -1.36. The lowest BCUT2D eigenvalue weighted by atomic mass is 10.1. The van der Waals surface area contributed by atoms with Crippen LogP contribution in [-0.2, 0) is 19.2 Å². The summed E-state index contributed by atoms with van der Waals surface area (Å²) in [7, 11) is 0. The zero-order chi connectivity index (χ0) is 18.0. The van der Waals surface area contributed by atoms with Gasteiger partial charge in [-0.3, -0.25) is 24.5 Å². The molecule has 7 N–H and O–H groups in total. The number of thioether (sulfide) groups is 1. The maximum Gasteiger partial charge on any atom is 0.305 e. The van der Waals surface area contributed by atoms with E-state index in [4.69, 9.17) is 16.6 Å². The second kappa shape index (κ2) is 13.0. The van der Waals surface area contributed by atoms with E-state index in [2.05, 4.69) is 5.32 Å². The van der Waals surface area contributed by atoms with Crippen molar-refractivity contribution in [2.24, 2.45) is 11.5 Å². The average molecular weight is 385 g/mol. The number of aliphatic carboxylic acids is 1. The normalized spacial score (nSPS) is 13.8. The fraction of sp³-hybridized carbons (Fsp3) is 0.692. The van der Waals surface area contributed by atoms with Crippen LogP contribution in [0.2, 0.25) is 0 Å². The van der Waals surface area contributed by atoms with Crippen LogP contribution in [0.5, 0.6) is 0 Å². The number of halogens is 1. The first-order valence-electron chi connectivity index (χ1n) is 7.09. The molecule has 3 atom stereocenters. The molecule has 0 rings (SSSR count). The predicted molar refractivity (Wildman–Crippen MR) is 93.8 cm³/mol.